The van der Waals surface area contributed by atoms with E-state index in [1.807, 2.05) is 5.01 Å². The van der Waals surface area contributed by atoms with Gasteiger partial charge < -0.3 is 5.43 Å². The van der Waals surface area contributed by atoms with E-state index in [9.17, 15) is 14.5 Å². The second-order valence-electron chi connectivity index (χ2n) is 4.20. The number of hydrogen-bond donors (Lipinski definition) is 1. The molecule has 1 fully saturated rings. The molecule has 0 amide bonds. The summed E-state index contributed by atoms with van der Waals surface area (Å²) in [5.41, 5.74) is 3.08. The third-order valence-corrected chi connectivity index (χ3v) is 3.70. The fraction of sp³-hybridized carbons (Fsp3) is 0.455. The Balaban J connectivity index is 2.24. The van der Waals surface area contributed by atoms with Crippen molar-refractivity contribution in [2.45, 2.75) is 19.3 Å². The van der Waals surface area contributed by atoms with Crippen LogP contribution in [0.2, 0.25) is 0 Å². The highest BCUT2D eigenvalue weighted by molar-refractivity contribution is 14.1. The van der Waals surface area contributed by atoms with Gasteiger partial charge in [0.15, 0.2) is 0 Å². The Bertz CT molecular complexity index is 464. The van der Waals surface area contributed by atoms with Crippen molar-refractivity contribution >= 4 is 34.0 Å². The van der Waals surface area contributed by atoms with E-state index in [0.717, 1.165) is 25.9 Å². The Morgan fingerprint density at radius 2 is 2.00 bits per heavy atom. The van der Waals surface area contributed by atoms with Crippen LogP contribution >= 0.6 is 22.6 Å². The minimum Gasteiger partial charge on any atom is -0.313 e. The summed E-state index contributed by atoms with van der Waals surface area (Å²) in [4.78, 5) is 10.5. The number of anilines is 1. The molecule has 7 heteroatoms. The maximum Gasteiger partial charge on any atom is 0.294 e. The molecule has 0 saturated carbocycles. The Morgan fingerprint density at radius 3 is 2.61 bits per heavy atom. The van der Waals surface area contributed by atoms with Crippen molar-refractivity contribution in [3.8, 4) is 0 Å². The minimum atomic E-state index is -0.492. The maximum atomic E-state index is 13.5. The molecule has 0 spiro atoms. The molecule has 0 atom stereocenters. The molecular weight excluding hydrogens is 352 g/mol. The summed E-state index contributed by atoms with van der Waals surface area (Å²) >= 11 is 1.75. The molecular formula is C11H13FIN3O2. The summed E-state index contributed by atoms with van der Waals surface area (Å²) < 4.78 is 13.7. The van der Waals surface area contributed by atoms with Crippen LogP contribution in [0.4, 0.5) is 15.8 Å². The Kier molecular flexibility index (Phi) is 4.33. The van der Waals surface area contributed by atoms with Crippen LogP contribution < -0.4 is 5.43 Å². The van der Waals surface area contributed by atoms with Gasteiger partial charge >= 0.3 is 0 Å². The highest BCUT2D eigenvalue weighted by Gasteiger charge is 2.20. The van der Waals surface area contributed by atoms with Gasteiger partial charge in [0.25, 0.3) is 5.69 Å². The van der Waals surface area contributed by atoms with Gasteiger partial charge in [0.1, 0.15) is 11.5 Å². The summed E-state index contributed by atoms with van der Waals surface area (Å²) in [5, 5.41) is 12.8. The van der Waals surface area contributed by atoms with Crippen LogP contribution in [0.15, 0.2) is 12.1 Å². The number of hydrogen-bond acceptors (Lipinski definition) is 4. The third-order valence-electron chi connectivity index (χ3n) is 2.87. The SMILES string of the molecule is O=[N+]([O-])c1cc(I)c(F)cc1NN1CCCCC1. The lowest BCUT2D eigenvalue weighted by Crippen LogP contribution is -2.35. The lowest BCUT2D eigenvalue weighted by Gasteiger charge is -2.27. The van der Waals surface area contributed by atoms with Gasteiger partial charge in [-0.15, -0.1) is 0 Å². The number of benzene rings is 1. The first kappa shape index (κ1) is 13.5. The standard InChI is InChI=1S/C11H13FIN3O2/c12-8-6-10(11(16(17)18)7-9(8)13)14-15-4-2-1-3-5-15/h6-7,14H,1-5H2. The van der Waals surface area contributed by atoms with Crippen LogP contribution in [0, 0.1) is 19.5 Å². The number of nitro benzene ring substituents is 1. The molecule has 98 valence electrons. The number of nitrogens with one attached hydrogen (secondary N) is 1. The Morgan fingerprint density at radius 1 is 1.33 bits per heavy atom. The smallest absolute Gasteiger partial charge is 0.294 e. The predicted molar refractivity (Wildman–Crippen MR) is 74.8 cm³/mol. The first-order chi connectivity index (χ1) is 8.58. The molecule has 0 aromatic heterocycles. The van der Waals surface area contributed by atoms with E-state index in [2.05, 4.69) is 5.43 Å². The first-order valence-corrected chi connectivity index (χ1v) is 6.81. The second kappa shape index (κ2) is 5.79. The third kappa shape index (κ3) is 3.08. The molecule has 0 radical (unpaired) electrons. The molecule has 1 saturated heterocycles. The van der Waals surface area contributed by atoms with Crippen LogP contribution in [0.25, 0.3) is 0 Å². The quantitative estimate of drug-likeness (QED) is 0.508. The molecule has 2 rings (SSSR count). The predicted octanol–water partition coefficient (Wildman–Crippen LogP) is 3.15. The van der Waals surface area contributed by atoms with Crippen LogP contribution in [0.3, 0.4) is 0 Å². The van der Waals surface area contributed by atoms with E-state index in [1.54, 1.807) is 22.6 Å². The summed E-state index contributed by atoms with van der Waals surface area (Å²) in [7, 11) is 0. The van der Waals surface area contributed by atoms with E-state index in [-0.39, 0.29) is 14.9 Å². The summed E-state index contributed by atoms with van der Waals surface area (Å²) in [5.74, 6) is -0.444. The van der Waals surface area contributed by atoms with Crippen molar-refractivity contribution < 1.29 is 9.31 Å². The average Bonchev–Trinajstić information content (AvgIpc) is 2.34. The Labute approximate surface area is 118 Å². The largest absolute Gasteiger partial charge is 0.313 e. The number of nitro groups is 1. The van der Waals surface area contributed by atoms with Gasteiger partial charge in [-0.2, -0.15) is 0 Å². The van der Waals surface area contributed by atoms with Gasteiger partial charge in [0.05, 0.1) is 8.49 Å². The monoisotopic (exact) mass is 365 g/mol. The van der Waals surface area contributed by atoms with Crippen LogP contribution in [-0.4, -0.2) is 23.0 Å². The van der Waals surface area contributed by atoms with E-state index in [4.69, 9.17) is 0 Å². The molecule has 1 aliphatic rings. The molecule has 0 aliphatic carbocycles. The zero-order valence-electron chi connectivity index (χ0n) is 9.66. The fourth-order valence-corrected chi connectivity index (χ4v) is 2.40. The molecule has 1 heterocycles. The molecule has 1 aromatic rings. The highest BCUT2D eigenvalue weighted by Crippen LogP contribution is 2.29. The number of hydrazine groups is 1. The van der Waals surface area contributed by atoms with Gasteiger partial charge in [-0.3, -0.25) is 10.1 Å². The second-order valence-corrected chi connectivity index (χ2v) is 5.36. The zero-order chi connectivity index (χ0) is 13.1. The average molecular weight is 365 g/mol. The summed E-state index contributed by atoms with van der Waals surface area (Å²) in [6.45, 7) is 1.65. The van der Waals surface area contributed by atoms with Crippen LogP contribution in [-0.2, 0) is 0 Å². The fourth-order valence-electron chi connectivity index (χ4n) is 1.95. The molecule has 1 aliphatic heterocycles. The van der Waals surface area contributed by atoms with Gasteiger partial charge in [-0.1, -0.05) is 6.42 Å². The van der Waals surface area contributed by atoms with Crippen molar-refractivity contribution in [1.29, 1.82) is 0 Å². The normalized spacial score (nSPS) is 16.6. The number of nitrogens with zero attached hydrogens (tertiary/aromatic N) is 2. The van der Waals surface area contributed by atoms with Crippen LogP contribution in [0.1, 0.15) is 19.3 Å². The van der Waals surface area contributed by atoms with Gasteiger partial charge in [0.2, 0.25) is 0 Å². The first-order valence-electron chi connectivity index (χ1n) is 5.73. The number of halogens is 2. The molecule has 5 nitrogen and oxygen atoms in total. The lowest BCUT2D eigenvalue weighted by molar-refractivity contribution is -0.384. The van der Waals surface area contributed by atoms with Crippen molar-refractivity contribution in [1.82, 2.24) is 5.01 Å². The minimum absolute atomic E-state index is 0.0913. The van der Waals surface area contributed by atoms with E-state index in [1.165, 1.54) is 18.6 Å². The number of rotatable bonds is 3. The van der Waals surface area contributed by atoms with Gasteiger partial charge in [-0.25, -0.2) is 9.40 Å². The van der Waals surface area contributed by atoms with Gasteiger partial charge in [-0.05, 0) is 35.4 Å². The lowest BCUT2D eigenvalue weighted by atomic mass is 10.2. The molecule has 1 aromatic carbocycles. The van der Waals surface area contributed by atoms with Gasteiger partial charge in [0, 0.05) is 25.2 Å². The number of piperidine rings is 1. The zero-order valence-corrected chi connectivity index (χ0v) is 11.8. The van der Waals surface area contributed by atoms with E-state index in [0.29, 0.717) is 0 Å². The Hall–Kier alpha value is -0.960. The summed E-state index contributed by atoms with van der Waals surface area (Å²) in [6, 6.07) is 2.44. The van der Waals surface area contributed by atoms with Crippen molar-refractivity contribution in [2.75, 3.05) is 18.5 Å². The van der Waals surface area contributed by atoms with E-state index >= 15 is 0 Å². The van der Waals surface area contributed by atoms with Crippen molar-refractivity contribution in [2.24, 2.45) is 0 Å². The molecule has 0 bridgehead atoms. The van der Waals surface area contributed by atoms with Crippen molar-refractivity contribution in [3.63, 3.8) is 0 Å². The van der Waals surface area contributed by atoms with E-state index < -0.39 is 10.7 Å². The molecule has 18 heavy (non-hydrogen) atoms. The topological polar surface area (TPSA) is 58.4 Å². The molecule has 0 unspecified atom stereocenters. The summed E-state index contributed by atoms with van der Waals surface area (Å²) in [6.07, 6.45) is 3.27. The van der Waals surface area contributed by atoms with Crippen molar-refractivity contribution in [3.05, 3.63) is 31.6 Å². The molecule has 1 N–H and O–H groups in total. The maximum absolute atomic E-state index is 13.5. The highest BCUT2D eigenvalue weighted by atomic mass is 127. The van der Waals surface area contributed by atoms with Crippen LogP contribution in [0.5, 0.6) is 0 Å².